The van der Waals surface area contributed by atoms with Gasteiger partial charge in [-0.3, -0.25) is 0 Å². The van der Waals surface area contributed by atoms with Crippen LogP contribution in [0.3, 0.4) is 0 Å². The quantitative estimate of drug-likeness (QED) is 0.708. The molecule has 2 heteroatoms. The Bertz CT molecular complexity index is 298. The standard InChI is InChI=1S/C14H25NSi/c1-6-12-16(13(2)3,15(4)5)14-10-8-7-9-11-14/h7-11,13H,6,12H2,1-5H3. The van der Waals surface area contributed by atoms with Crippen molar-refractivity contribution in [2.45, 2.75) is 38.8 Å². The van der Waals surface area contributed by atoms with E-state index in [0.717, 1.165) is 5.54 Å². The van der Waals surface area contributed by atoms with Gasteiger partial charge < -0.3 is 4.57 Å². The van der Waals surface area contributed by atoms with Gasteiger partial charge in [-0.25, -0.2) is 0 Å². The fourth-order valence-corrected chi connectivity index (χ4v) is 7.93. The predicted molar refractivity (Wildman–Crippen MR) is 75.7 cm³/mol. The van der Waals surface area contributed by atoms with Crippen molar-refractivity contribution >= 4 is 13.4 Å². The molecule has 1 nitrogen and oxygen atoms in total. The first-order valence-electron chi connectivity index (χ1n) is 6.28. The summed E-state index contributed by atoms with van der Waals surface area (Å²) in [7, 11) is 3.02. The number of benzene rings is 1. The molecule has 0 amide bonds. The highest BCUT2D eigenvalue weighted by Crippen LogP contribution is 2.28. The second-order valence-corrected chi connectivity index (χ2v) is 10.1. The lowest BCUT2D eigenvalue weighted by Crippen LogP contribution is -2.61. The van der Waals surface area contributed by atoms with Crippen LogP contribution in [-0.4, -0.2) is 26.9 Å². The van der Waals surface area contributed by atoms with Crippen LogP contribution < -0.4 is 5.19 Å². The maximum absolute atomic E-state index is 2.52. The lowest BCUT2D eigenvalue weighted by Gasteiger charge is -2.41. The van der Waals surface area contributed by atoms with Gasteiger partial charge in [0.25, 0.3) is 0 Å². The molecule has 0 bridgehead atoms. The van der Waals surface area contributed by atoms with E-state index in [2.05, 4.69) is 69.8 Å². The minimum Gasteiger partial charge on any atom is -0.325 e. The summed E-state index contributed by atoms with van der Waals surface area (Å²) in [6.45, 7) is 7.07. The molecule has 0 spiro atoms. The zero-order valence-electron chi connectivity index (χ0n) is 11.3. The molecule has 1 unspecified atom stereocenters. The summed E-state index contributed by atoms with van der Waals surface area (Å²) >= 11 is 0. The molecule has 0 aliphatic heterocycles. The molecule has 0 saturated heterocycles. The van der Waals surface area contributed by atoms with Crippen LogP contribution in [0.5, 0.6) is 0 Å². The van der Waals surface area contributed by atoms with E-state index in [1.807, 2.05) is 0 Å². The molecule has 1 rings (SSSR count). The summed E-state index contributed by atoms with van der Waals surface area (Å²) in [5.74, 6) is 0. The zero-order chi connectivity index (χ0) is 12.2. The van der Waals surface area contributed by atoms with Gasteiger partial charge in [0.05, 0.1) is 0 Å². The largest absolute Gasteiger partial charge is 0.325 e. The lowest BCUT2D eigenvalue weighted by molar-refractivity contribution is 0.595. The van der Waals surface area contributed by atoms with Gasteiger partial charge >= 0.3 is 0 Å². The van der Waals surface area contributed by atoms with Crippen LogP contribution in [0.15, 0.2) is 30.3 Å². The average Bonchev–Trinajstić information content (AvgIpc) is 2.26. The molecule has 0 aliphatic carbocycles. The van der Waals surface area contributed by atoms with E-state index in [0.29, 0.717) is 0 Å². The van der Waals surface area contributed by atoms with Crippen LogP contribution in [0.1, 0.15) is 27.2 Å². The van der Waals surface area contributed by atoms with Crippen LogP contribution >= 0.6 is 0 Å². The Kier molecular flexibility index (Phi) is 4.75. The molecule has 0 radical (unpaired) electrons. The summed E-state index contributed by atoms with van der Waals surface area (Å²) in [6, 6.07) is 12.5. The zero-order valence-corrected chi connectivity index (χ0v) is 12.3. The van der Waals surface area contributed by atoms with Crippen LogP contribution in [0.2, 0.25) is 11.6 Å². The number of hydrogen-bond acceptors (Lipinski definition) is 1. The fraction of sp³-hybridized carbons (Fsp3) is 0.571. The van der Waals surface area contributed by atoms with Crippen LogP contribution in [0.25, 0.3) is 0 Å². The van der Waals surface area contributed by atoms with Crippen molar-refractivity contribution in [1.29, 1.82) is 0 Å². The Morgan fingerprint density at radius 1 is 1.12 bits per heavy atom. The van der Waals surface area contributed by atoms with E-state index in [-0.39, 0.29) is 0 Å². The van der Waals surface area contributed by atoms with Crippen molar-refractivity contribution in [3.05, 3.63) is 30.3 Å². The first-order chi connectivity index (χ1) is 7.55. The second kappa shape index (κ2) is 5.64. The van der Waals surface area contributed by atoms with Gasteiger partial charge in [0, 0.05) is 0 Å². The Morgan fingerprint density at radius 2 is 1.69 bits per heavy atom. The highest BCUT2D eigenvalue weighted by Gasteiger charge is 2.40. The summed E-state index contributed by atoms with van der Waals surface area (Å²) in [5, 5.41) is 1.58. The smallest absolute Gasteiger partial charge is 0.162 e. The molecule has 0 N–H and O–H groups in total. The minimum absolute atomic E-state index is 0.754. The molecule has 0 aromatic heterocycles. The Hall–Kier alpha value is -0.603. The molecule has 90 valence electrons. The third-order valence-corrected chi connectivity index (χ3v) is 9.76. The van der Waals surface area contributed by atoms with E-state index in [4.69, 9.17) is 0 Å². The minimum atomic E-state index is -1.49. The fourth-order valence-electron chi connectivity index (χ4n) is 2.87. The normalized spacial score (nSPS) is 15.4. The van der Waals surface area contributed by atoms with Gasteiger partial charge in [-0.15, -0.1) is 0 Å². The molecular weight excluding hydrogens is 210 g/mol. The van der Waals surface area contributed by atoms with Crippen molar-refractivity contribution in [2.75, 3.05) is 14.1 Å². The molecular formula is C14H25NSi. The van der Waals surface area contributed by atoms with Crippen molar-refractivity contribution in [3.63, 3.8) is 0 Å². The SMILES string of the molecule is CCC[Si](c1ccccc1)(C(C)C)N(C)C. The van der Waals surface area contributed by atoms with Crippen molar-refractivity contribution in [2.24, 2.45) is 0 Å². The third kappa shape index (κ3) is 2.38. The number of hydrogen-bond donors (Lipinski definition) is 0. The van der Waals surface area contributed by atoms with Crippen molar-refractivity contribution in [3.8, 4) is 0 Å². The van der Waals surface area contributed by atoms with Crippen LogP contribution in [0.4, 0.5) is 0 Å². The predicted octanol–water partition coefficient (Wildman–Crippen LogP) is 3.22. The highest BCUT2D eigenvalue weighted by atomic mass is 28.3. The second-order valence-electron chi connectivity index (χ2n) is 5.09. The van der Waals surface area contributed by atoms with Crippen molar-refractivity contribution < 1.29 is 0 Å². The number of nitrogens with zero attached hydrogens (tertiary/aromatic N) is 1. The topological polar surface area (TPSA) is 3.24 Å². The molecule has 1 aromatic rings. The highest BCUT2D eigenvalue weighted by molar-refractivity contribution is 6.90. The summed E-state index contributed by atoms with van der Waals surface area (Å²) in [5.41, 5.74) is 0.754. The van der Waals surface area contributed by atoms with Gasteiger partial charge in [-0.2, -0.15) is 0 Å². The maximum atomic E-state index is 2.52. The van der Waals surface area contributed by atoms with Crippen LogP contribution in [0, 0.1) is 0 Å². The Labute approximate surface area is 102 Å². The molecule has 1 aromatic carbocycles. The molecule has 0 saturated carbocycles. The van der Waals surface area contributed by atoms with E-state index in [9.17, 15) is 0 Å². The molecule has 1 atom stereocenters. The number of rotatable bonds is 5. The molecule has 0 fully saturated rings. The third-order valence-electron chi connectivity index (χ3n) is 3.66. The first-order valence-corrected chi connectivity index (χ1v) is 8.51. The molecule has 16 heavy (non-hydrogen) atoms. The molecule has 0 aliphatic rings. The first kappa shape index (κ1) is 13.5. The Balaban J connectivity index is 3.21. The monoisotopic (exact) mass is 235 g/mol. The van der Waals surface area contributed by atoms with Crippen LogP contribution in [-0.2, 0) is 0 Å². The molecule has 0 heterocycles. The van der Waals surface area contributed by atoms with Gasteiger partial charge in [-0.05, 0) is 30.9 Å². The Morgan fingerprint density at radius 3 is 2.06 bits per heavy atom. The van der Waals surface area contributed by atoms with E-state index < -0.39 is 8.24 Å². The summed E-state index contributed by atoms with van der Waals surface area (Å²) < 4.78 is 2.52. The summed E-state index contributed by atoms with van der Waals surface area (Å²) in [6.07, 6.45) is 1.28. The van der Waals surface area contributed by atoms with Crippen molar-refractivity contribution in [1.82, 2.24) is 4.57 Å². The van der Waals surface area contributed by atoms with Gasteiger partial charge in [0.1, 0.15) is 0 Å². The average molecular weight is 235 g/mol. The lowest BCUT2D eigenvalue weighted by atomic mass is 10.4. The van der Waals surface area contributed by atoms with E-state index >= 15 is 0 Å². The van der Waals surface area contributed by atoms with Gasteiger partial charge in [-0.1, -0.05) is 57.5 Å². The van der Waals surface area contributed by atoms with Gasteiger partial charge in [0.2, 0.25) is 0 Å². The van der Waals surface area contributed by atoms with E-state index in [1.54, 1.807) is 5.19 Å². The summed E-state index contributed by atoms with van der Waals surface area (Å²) in [4.78, 5) is 0. The van der Waals surface area contributed by atoms with Gasteiger partial charge in [0.15, 0.2) is 8.24 Å². The maximum Gasteiger partial charge on any atom is 0.162 e. The van der Waals surface area contributed by atoms with E-state index in [1.165, 1.54) is 12.5 Å².